The highest BCUT2D eigenvalue weighted by molar-refractivity contribution is 5.87. The highest BCUT2D eigenvalue weighted by atomic mass is 16.6. The number of hydrogen-bond acceptors (Lipinski definition) is 6. The first-order valence-electron chi connectivity index (χ1n) is 10.1. The second kappa shape index (κ2) is 13.3. The van der Waals surface area contributed by atoms with Gasteiger partial charge in [0.15, 0.2) is 0 Å². The number of hydrogen-bond donors (Lipinski definition) is 0. The first-order valence-corrected chi connectivity index (χ1v) is 10.1. The second-order valence-corrected chi connectivity index (χ2v) is 7.67. The summed E-state index contributed by atoms with van der Waals surface area (Å²) in [5.74, 6) is 0.428. The molecular weight excluding hydrogens is 388 g/mol. The van der Waals surface area contributed by atoms with E-state index in [0.29, 0.717) is 50.4 Å². The van der Waals surface area contributed by atoms with Crippen LogP contribution in [0.3, 0.4) is 0 Å². The van der Waals surface area contributed by atoms with Crippen LogP contribution in [0.2, 0.25) is 0 Å². The summed E-state index contributed by atoms with van der Waals surface area (Å²) < 4.78 is 15.9. The Bertz CT molecular complexity index is 709. The van der Waals surface area contributed by atoms with Crippen LogP contribution in [0.15, 0.2) is 29.4 Å². The lowest BCUT2D eigenvalue weighted by Crippen LogP contribution is -2.37. The number of methoxy groups -OCH3 is 1. The smallest absolute Gasteiger partial charge is 0.414 e. The molecule has 0 unspecified atom stereocenters. The molecule has 0 saturated carbocycles. The lowest BCUT2D eigenvalue weighted by molar-refractivity contribution is -0.140. The van der Waals surface area contributed by atoms with E-state index in [2.05, 4.69) is 14.8 Å². The Morgan fingerprint density at radius 3 is 2.40 bits per heavy atom. The zero-order valence-corrected chi connectivity index (χ0v) is 18.3. The van der Waals surface area contributed by atoms with Crippen molar-refractivity contribution in [3.05, 3.63) is 34.7 Å². The molecule has 0 saturated heterocycles. The number of unbranched alkanes of at least 4 members (excludes halogenated alkanes) is 2. The molecule has 1 amide bonds. The summed E-state index contributed by atoms with van der Waals surface area (Å²) in [5, 5.41) is 3.48. The Kier molecular flexibility index (Phi) is 11.1. The van der Waals surface area contributed by atoms with Gasteiger partial charge in [0.25, 0.3) is 0 Å². The Labute approximate surface area is 177 Å². The Morgan fingerprint density at radius 1 is 1.10 bits per heavy atom. The normalized spacial score (nSPS) is 10.7. The van der Waals surface area contributed by atoms with Crippen molar-refractivity contribution >= 4 is 17.7 Å². The summed E-state index contributed by atoms with van der Waals surface area (Å²) in [4.78, 5) is 28.2. The molecule has 0 fully saturated rings. The van der Waals surface area contributed by atoms with E-state index in [0.717, 1.165) is 12.8 Å². The number of benzene rings is 1. The number of nitrogens with zero attached hydrogens (tertiary/aromatic N) is 4. The molecule has 0 radical (unpaired) electrons. The Morgan fingerprint density at radius 2 is 1.80 bits per heavy atom. The molecule has 0 heterocycles. The van der Waals surface area contributed by atoms with E-state index in [1.54, 1.807) is 29.2 Å². The van der Waals surface area contributed by atoms with Crippen molar-refractivity contribution in [2.45, 2.75) is 58.5 Å². The van der Waals surface area contributed by atoms with Gasteiger partial charge >= 0.3 is 12.1 Å². The minimum atomic E-state index is -0.611. The van der Waals surface area contributed by atoms with E-state index in [4.69, 9.17) is 15.0 Å². The maximum Gasteiger partial charge on any atom is 0.414 e. The van der Waals surface area contributed by atoms with E-state index in [1.807, 2.05) is 20.8 Å². The topological polar surface area (TPSA) is 114 Å². The molecule has 0 spiro atoms. The van der Waals surface area contributed by atoms with E-state index >= 15 is 0 Å². The third-order valence-electron chi connectivity index (χ3n) is 3.99. The quantitative estimate of drug-likeness (QED) is 0.151. The van der Waals surface area contributed by atoms with Crippen LogP contribution in [0.4, 0.5) is 10.5 Å². The molecule has 0 aliphatic carbocycles. The van der Waals surface area contributed by atoms with Gasteiger partial charge < -0.3 is 14.2 Å². The summed E-state index contributed by atoms with van der Waals surface area (Å²) in [5.41, 5.74) is 8.33. The van der Waals surface area contributed by atoms with Gasteiger partial charge in [-0.15, -0.1) is 0 Å². The number of ether oxygens (including phenoxy) is 3. The predicted molar refractivity (Wildman–Crippen MR) is 115 cm³/mol. The molecule has 0 aromatic heterocycles. The van der Waals surface area contributed by atoms with Crippen molar-refractivity contribution in [1.29, 1.82) is 0 Å². The molecule has 1 aromatic rings. The number of carbonyl (C=O) groups excluding carboxylic acids is 2. The van der Waals surface area contributed by atoms with Crippen LogP contribution in [0.25, 0.3) is 10.4 Å². The van der Waals surface area contributed by atoms with Crippen molar-refractivity contribution in [3.8, 4) is 5.75 Å². The Balaban J connectivity index is 2.69. The fraction of sp³-hybridized carbons (Fsp3) is 0.619. The van der Waals surface area contributed by atoms with E-state index in [1.165, 1.54) is 7.11 Å². The van der Waals surface area contributed by atoms with E-state index in [9.17, 15) is 9.59 Å². The van der Waals surface area contributed by atoms with Gasteiger partial charge in [0.1, 0.15) is 11.4 Å². The summed E-state index contributed by atoms with van der Waals surface area (Å²) in [6, 6.07) is 7.21. The van der Waals surface area contributed by atoms with Gasteiger partial charge in [-0.25, -0.2) is 4.79 Å². The highest BCUT2D eigenvalue weighted by Crippen LogP contribution is 2.23. The first-order chi connectivity index (χ1) is 14.3. The van der Waals surface area contributed by atoms with Gasteiger partial charge in [0, 0.05) is 30.1 Å². The first kappa shape index (κ1) is 25.1. The molecule has 9 nitrogen and oxygen atoms in total. The number of azide groups is 1. The molecule has 166 valence electrons. The van der Waals surface area contributed by atoms with Crippen molar-refractivity contribution < 1.29 is 23.8 Å². The van der Waals surface area contributed by atoms with Crippen LogP contribution >= 0.6 is 0 Å². The molecule has 9 heteroatoms. The number of anilines is 1. The number of rotatable bonds is 12. The monoisotopic (exact) mass is 420 g/mol. The maximum absolute atomic E-state index is 12.7. The van der Waals surface area contributed by atoms with Gasteiger partial charge in [0.2, 0.25) is 0 Å². The third kappa shape index (κ3) is 10.6. The predicted octanol–water partition coefficient (Wildman–Crippen LogP) is 5.24. The molecular formula is C21H32N4O5. The number of esters is 1. The lowest BCUT2D eigenvalue weighted by atomic mass is 10.2. The van der Waals surface area contributed by atoms with Gasteiger partial charge in [-0.05, 0) is 76.3 Å². The number of carbonyl (C=O) groups is 2. The highest BCUT2D eigenvalue weighted by Gasteiger charge is 2.23. The van der Waals surface area contributed by atoms with Crippen LogP contribution in [-0.2, 0) is 14.3 Å². The fourth-order valence-electron chi connectivity index (χ4n) is 2.53. The SMILES string of the molecule is COC(=O)CCCCN(C(=O)OC(C)(C)C)c1ccc(OCCCCN=[N+]=[N-])cc1. The summed E-state index contributed by atoms with van der Waals surface area (Å²) >= 11 is 0. The summed E-state index contributed by atoms with van der Waals surface area (Å²) in [6.07, 6.45) is 2.67. The molecule has 0 N–H and O–H groups in total. The van der Waals surface area contributed by atoms with Crippen LogP contribution in [-0.4, -0.2) is 44.5 Å². The van der Waals surface area contributed by atoms with Crippen LogP contribution in [0, 0.1) is 0 Å². The van der Waals surface area contributed by atoms with Crippen molar-refractivity contribution in [1.82, 2.24) is 0 Å². The van der Waals surface area contributed by atoms with Gasteiger partial charge in [-0.3, -0.25) is 9.69 Å². The molecule has 0 aliphatic rings. The van der Waals surface area contributed by atoms with Crippen LogP contribution in [0.1, 0.15) is 52.9 Å². The average Bonchev–Trinajstić information content (AvgIpc) is 2.69. The lowest BCUT2D eigenvalue weighted by Gasteiger charge is -2.27. The Hall–Kier alpha value is -2.93. The molecule has 0 atom stereocenters. The van der Waals surface area contributed by atoms with Gasteiger partial charge in [-0.1, -0.05) is 5.11 Å². The van der Waals surface area contributed by atoms with Crippen LogP contribution < -0.4 is 9.64 Å². The molecule has 1 aromatic carbocycles. The zero-order chi connectivity index (χ0) is 22.4. The minimum absolute atomic E-state index is 0.264. The third-order valence-corrected chi connectivity index (χ3v) is 3.99. The maximum atomic E-state index is 12.7. The molecule has 1 rings (SSSR count). The van der Waals surface area contributed by atoms with Crippen molar-refractivity contribution in [2.24, 2.45) is 5.11 Å². The fourth-order valence-corrected chi connectivity index (χ4v) is 2.53. The van der Waals surface area contributed by atoms with Crippen molar-refractivity contribution in [2.75, 3.05) is 31.7 Å². The largest absolute Gasteiger partial charge is 0.494 e. The van der Waals surface area contributed by atoms with Gasteiger partial charge in [-0.2, -0.15) is 0 Å². The summed E-state index contributed by atoms with van der Waals surface area (Å²) in [7, 11) is 1.36. The minimum Gasteiger partial charge on any atom is -0.494 e. The molecule has 0 bridgehead atoms. The zero-order valence-electron chi connectivity index (χ0n) is 18.3. The second-order valence-electron chi connectivity index (χ2n) is 7.67. The molecule has 0 aliphatic heterocycles. The van der Waals surface area contributed by atoms with Crippen LogP contribution in [0.5, 0.6) is 5.75 Å². The van der Waals surface area contributed by atoms with Crippen molar-refractivity contribution in [3.63, 3.8) is 0 Å². The standard InChI is InChI=1S/C21H32N4O5/c1-21(2,3)30-20(27)25(15-7-5-9-19(26)28-4)17-10-12-18(13-11-17)29-16-8-6-14-23-24-22/h10-13H,5-9,14-16H2,1-4H3. The van der Waals surface area contributed by atoms with E-state index < -0.39 is 11.7 Å². The van der Waals surface area contributed by atoms with E-state index in [-0.39, 0.29) is 5.97 Å². The average molecular weight is 421 g/mol. The summed E-state index contributed by atoms with van der Waals surface area (Å²) in [6.45, 7) is 6.85. The molecule has 30 heavy (non-hydrogen) atoms. The number of amides is 1. The van der Waals surface area contributed by atoms with Gasteiger partial charge in [0.05, 0.1) is 13.7 Å².